The number of amides is 1. The van der Waals surface area contributed by atoms with Gasteiger partial charge in [-0.25, -0.2) is 21.6 Å². The van der Waals surface area contributed by atoms with Gasteiger partial charge in [0.05, 0.1) is 32.9 Å². The molecule has 1 amide bonds. The van der Waals surface area contributed by atoms with E-state index in [-0.39, 0.29) is 27.1 Å². The molecule has 1 aliphatic carbocycles. The highest BCUT2D eigenvalue weighted by Gasteiger charge is 2.60. The SMILES string of the molecule is O=C(Nc1cccc(F)c1F)c1ccc2c(c1Cl)C1(CCSCC1)C(C1CC1)N2S(=O)(=O)c1ccc(F)cc1. The van der Waals surface area contributed by atoms with Gasteiger partial charge in [-0.15, -0.1) is 0 Å². The van der Waals surface area contributed by atoms with E-state index < -0.39 is 44.8 Å². The zero-order valence-electron chi connectivity index (χ0n) is 20.6. The van der Waals surface area contributed by atoms with E-state index >= 15 is 0 Å². The maximum atomic E-state index is 14.3. The third kappa shape index (κ3) is 4.31. The standard InChI is InChI=1S/C28H24ClF3N2O3S2/c29-24-19(27(35)33-21-3-1-2-20(31)25(21)32)10-11-22-23(24)28(12-14-38-15-13-28)26(16-4-5-16)34(22)39(36,37)18-8-6-17(30)7-9-18/h1-3,6-11,16,26H,4-5,12-15H2,(H,33,35). The lowest BCUT2D eigenvalue weighted by atomic mass is 9.70. The molecule has 3 aromatic rings. The molecule has 0 radical (unpaired) electrons. The first-order valence-electron chi connectivity index (χ1n) is 12.6. The van der Waals surface area contributed by atoms with Crippen LogP contribution in [-0.2, 0) is 15.4 Å². The van der Waals surface area contributed by atoms with Crippen molar-refractivity contribution in [2.24, 2.45) is 5.92 Å². The molecule has 1 saturated carbocycles. The molecule has 1 N–H and O–H groups in total. The molecule has 1 atom stereocenters. The van der Waals surface area contributed by atoms with Crippen LogP contribution < -0.4 is 9.62 Å². The van der Waals surface area contributed by atoms with Gasteiger partial charge in [-0.3, -0.25) is 9.10 Å². The Labute approximate surface area is 233 Å². The van der Waals surface area contributed by atoms with Crippen molar-refractivity contribution in [3.8, 4) is 0 Å². The quantitative estimate of drug-likeness (QED) is 0.355. The van der Waals surface area contributed by atoms with Gasteiger partial charge in [-0.2, -0.15) is 11.8 Å². The number of hydrogen-bond donors (Lipinski definition) is 1. The van der Waals surface area contributed by atoms with Gasteiger partial charge in [0.15, 0.2) is 11.6 Å². The van der Waals surface area contributed by atoms with Crippen molar-refractivity contribution in [3.05, 3.63) is 88.2 Å². The molecule has 1 unspecified atom stereocenters. The van der Waals surface area contributed by atoms with E-state index in [1.165, 1.54) is 34.6 Å². The van der Waals surface area contributed by atoms with Crippen LogP contribution in [0.2, 0.25) is 5.02 Å². The summed E-state index contributed by atoms with van der Waals surface area (Å²) in [6.45, 7) is 0. The summed E-state index contributed by atoms with van der Waals surface area (Å²) in [7, 11) is -4.10. The molecule has 2 heterocycles. The van der Waals surface area contributed by atoms with Crippen LogP contribution in [0.15, 0.2) is 59.5 Å². The van der Waals surface area contributed by atoms with Gasteiger partial charge < -0.3 is 5.32 Å². The molecule has 0 bridgehead atoms. The molecule has 3 aliphatic rings. The fourth-order valence-corrected chi connectivity index (χ4v) is 9.49. The molecule has 2 fully saturated rings. The van der Waals surface area contributed by atoms with Crippen LogP contribution in [0.5, 0.6) is 0 Å². The zero-order chi connectivity index (χ0) is 27.5. The number of benzene rings is 3. The highest BCUT2D eigenvalue weighted by atomic mass is 35.5. The normalized spacial score (nSPS) is 20.2. The number of carbonyl (C=O) groups excluding carboxylic acids is 1. The molecule has 5 nitrogen and oxygen atoms in total. The van der Waals surface area contributed by atoms with Crippen LogP contribution in [0.25, 0.3) is 0 Å². The van der Waals surface area contributed by atoms with Gasteiger partial charge in [0.2, 0.25) is 0 Å². The third-order valence-electron chi connectivity index (χ3n) is 7.94. The second kappa shape index (κ2) is 9.74. The number of anilines is 2. The number of thioether (sulfide) groups is 1. The Morgan fingerprint density at radius 3 is 2.36 bits per heavy atom. The average Bonchev–Trinajstić information content (AvgIpc) is 3.71. The Morgan fingerprint density at radius 2 is 1.69 bits per heavy atom. The number of nitrogens with zero attached hydrogens (tertiary/aromatic N) is 1. The van der Waals surface area contributed by atoms with E-state index in [2.05, 4.69) is 5.32 Å². The van der Waals surface area contributed by atoms with Gasteiger partial charge in [0.1, 0.15) is 5.82 Å². The number of hydrogen-bond acceptors (Lipinski definition) is 4. The monoisotopic (exact) mass is 592 g/mol. The van der Waals surface area contributed by atoms with Crippen molar-refractivity contribution in [2.45, 2.75) is 42.0 Å². The first kappa shape index (κ1) is 26.5. The molecule has 1 saturated heterocycles. The van der Waals surface area contributed by atoms with Crippen molar-refractivity contribution in [1.29, 1.82) is 0 Å². The topological polar surface area (TPSA) is 66.5 Å². The predicted octanol–water partition coefficient (Wildman–Crippen LogP) is 6.76. The summed E-state index contributed by atoms with van der Waals surface area (Å²) in [4.78, 5) is 13.2. The van der Waals surface area contributed by atoms with Gasteiger partial charge in [0, 0.05) is 11.0 Å². The van der Waals surface area contributed by atoms with Crippen LogP contribution in [0, 0.1) is 23.4 Å². The minimum atomic E-state index is -4.10. The smallest absolute Gasteiger partial charge is 0.264 e. The highest BCUT2D eigenvalue weighted by molar-refractivity contribution is 7.99. The first-order valence-corrected chi connectivity index (χ1v) is 15.6. The van der Waals surface area contributed by atoms with E-state index in [0.717, 1.165) is 42.5 Å². The van der Waals surface area contributed by atoms with Crippen LogP contribution >= 0.6 is 23.4 Å². The minimum Gasteiger partial charge on any atom is -0.319 e. The van der Waals surface area contributed by atoms with Crippen molar-refractivity contribution in [2.75, 3.05) is 21.1 Å². The molecule has 2 aliphatic heterocycles. The van der Waals surface area contributed by atoms with E-state index in [1.54, 1.807) is 17.8 Å². The van der Waals surface area contributed by atoms with Crippen LogP contribution in [0.4, 0.5) is 24.5 Å². The van der Waals surface area contributed by atoms with Gasteiger partial charge in [-0.1, -0.05) is 17.7 Å². The molecule has 0 aromatic heterocycles. The fourth-order valence-electron chi connectivity index (χ4n) is 6.05. The molecule has 11 heteroatoms. The molecule has 6 rings (SSSR count). The molecule has 1 spiro atoms. The Morgan fingerprint density at radius 1 is 1.00 bits per heavy atom. The molecule has 39 heavy (non-hydrogen) atoms. The second-order valence-electron chi connectivity index (χ2n) is 10.2. The summed E-state index contributed by atoms with van der Waals surface area (Å²) in [5.41, 5.74) is 0.108. The Kier molecular flexibility index (Phi) is 6.63. The van der Waals surface area contributed by atoms with Crippen LogP contribution in [-0.4, -0.2) is 31.9 Å². The Bertz CT molecular complexity index is 1570. The zero-order valence-corrected chi connectivity index (χ0v) is 23.0. The van der Waals surface area contributed by atoms with E-state index in [0.29, 0.717) is 24.1 Å². The number of nitrogens with one attached hydrogen (secondary N) is 1. The number of halogens is 4. The third-order valence-corrected chi connectivity index (χ3v) is 11.1. The van der Waals surface area contributed by atoms with Gasteiger partial charge in [0.25, 0.3) is 15.9 Å². The first-order chi connectivity index (χ1) is 18.6. The summed E-state index contributed by atoms with van der Waals surface area (Å²) in [6.07, 6.45) is 3.08. The predicted molar refractivity (Wildman–Crippen MR) is 147 cm³/mol. The van der Waals surface area contributed by atoms with E-state index in [4.69, 9.17) is 11.6 Å². The van der Waals surface area contributed by atoms with Gasteiger partial charge >= 0.3 is 0 Å². The van der Waals surface area contributed by atoms with E-state index in [9.17, 15) is 26.4 Å². The maximum absolute atomic E-state index is 14.3. The largest absolute Gasteiger partial charge is 0.319 e. The number of rotatable bonds is 5. The lowest BCUT2D eigenvalue weighted by Gasteiger charge is -2.42. The summed E-state index contributed by atoms with van der Waals surface area (Å²) < 4.78 is 71.3. The van der Waals surface area contributed by atoms with Crippen molar-refractivity contribution in [1.82, 2.24) is 0 Å². The average molecular weight is 593 g/mol. The summed E-state index contributed by atoms with van der Waals surface area (Å²) in [5.74, 6) is -1.83. The lowest BCUT2D eigenvalue weighted by molar-refractivity contribution is 0.102. The van der Waals surface area contributed by atoms with Crippen molar-refractivity contribution in [3.63, 3.8) is 0 Å². The second-order valence-corrected chi connectivity index (χ2v) is 13.6. The maximum Gasteiger partial charge on any atom is 0.264 e. The minimum absolute atomic E-state index is 0.0257. The summed E-state index contributed by atoms with van der Waals surface area (Å²) in [6, 6.07) is 10.8. The Balaban J connectivity index is 1.50. The fraction of sp³-hybridized carbons (Fsp3) is 0.321. The molecule has 204 valence electrons. The summed E-state index contributed by atoms with van der Waals surface area (Å²) in [5, 5.41) is 2.51. The number of fused-ring (bicyclic) bond motifs is 2. The number of sulfonamides is 1. The van der Waals surface area contributed by atoms with Crippen molar-refractivity contribution >= 4 is 50.7 Å². The van der Waals surface area contributed by atoms with E-state index in [1.807, 2.05) is 0 Å². The highest BCUT2D eigenvalue weighted by Crippen LogP contribution is 2.61. The molecular weight excluding hydrogens is 569 g/mol. The van der Waals surface area contributed by atoms with Crippen molar-refractivity contribution < 1.29 is 26.4 Å². The van der Waals surface area contributed by atoms with Gasteiger partial charge in [-0.05, 0) is 91.6 Å². The number of carbonyl (C=O) groups is 1. The Hall–Kier alpha value is -2.69. The summed E-state index contributed by atoms with van der Waals surface area (Å²) >= 11 is 8.76. The molecule has 3 aromatic carbocycles. The van der Waals surface area contributed by atoms with Crippen LogP contribution in [0.3, 0.4) is 0 Å². The van der Waals surface area contributed by atoms with Crippen LogP contribution in [0.1, 0.15) is 41.6 Å². The molecular formula is C28H24ClF3N2O3S2. The lowest BCUT2D eigenvalue weighted by Crippen LogP contribution is -2.50.